The van der Waals surface area contributed by atoms with Crippen LogP contribution in [0.4, 0.5) is 5.69 Å². The Balaban J connectivity index is 1.91. The van der Waals surface area contributed by atoms with Crippen LogP contribution in [-0.2, 0) is 21.2 Å². The molecule has 2 aliphatic heterocycles. The van der Waals surface area contributed by atoms with Crippen LogP contribution in [0.25, 0.3) is 0 Å². The topological polar surface area (TPSA) is 60.9 Å². The molecule has 0 bridgehead atoms. The van der Waals surface area contributed by atoms with Gasteiger partial charge in [-0.2, -0.15) is 4.31 Å². The van der Waals surface area contributed by atoms with E-state index in [4.69, 9.17) is 0 Å². The highest BCUT2D eigenvalue weighted by atomic mass is 32.2. The lowest BCUT2D eigenvalue weighted by Gasteiger charge is -2.32. The first-order chi connectivity index (χ1) is 10.9. The smallest absolute Gasteiger partial charge is 0.243 e. The number of anilines is 1. The summed E-state index contributed by atoms with van der Waals surface area (Å²) in [6.45, 7) is 4.80. The molecular formula is C16H23N3O3S. The molecule has 2 heterocycles. The van der Waals surface area contributed by atoms with E-state index in [9.17, 15) is 13.2 Å². The van der Waals surface area contributed by atoms with E-state index < -0.39 is 10.0 Å². The van der Waals surface area contributed by atoms with Gasteiger partial charge in [0.05, 0.1) is 4.90 Å². The molecule has 1 fully saturated rings. The fourth-order valence-corrected chi connectivity index (χ4v) is 4.71. The third-order valence-corrected chi connectivity index (χ3v) is 6.54. The maximum atomic E-state index is 12.8. The van der Waals surface area contributed by atoms with Gasteiger partial charge in [0.25, 0.3) is 0 Å². The average Bonchev–Trinajstić information content (AvgIpc) is 2.54. The predicted octanol–water partition coefficient (Wildman–Crippen LogP) is 0.922. The SMILES string of the molecule is CC(=O)N1CCCc2cc(S(=O)(=O)N3CCN(C)CC3)ccc21. The summed E-state index contributed by atoms with van der Waals surface area (Å²) in [6, 6.07) is 5.16. The first-order valence-electron chi connectivity index (χ1n) is 7.99. The number of sulfonamides is 1. The van der Waals surface area contributed by atoms with Crippen LogP contribution < -0.4 is 4.90 Å². The lowest BCUT2D eigenvalue weighted by molar-refractivity contribution is -0.116. The van der Waals surface area contributed by atoms with E-state index in [2.05, 4.69) is 4.90 Å². The molecule has 2 aliphatic rings. The van der Waals surface area contributed by atoms with E-state index in [0.29, 0.717) is 24.5 Å². The minimum atomic E-state index is -3.45. The fraction of sp³-hybridized carbons (Fsp3) is 0.562. The zero-order chi connectivity index (χ0) is 16.6. The first kappa shape index (κ1) is 16.4. The van der Waals surface area contributed by atoms with Crippen molar-refractivity contribution in [3.63, 3.8) is 0 Å². The van der Waals surface area contributed by atoms with Crippen molar-refractivity contribution in [3.05, 3.63) is 23.8 Å². The minimum Gasteiger partial charge on any atom is -0.312 e. The normalized spacial score (nSPS) is 20.3. The Morgan fingerprint density at radius 2 is 1.78 bits per heavy atom. The van der Waals surface area contributed by atoms with Crippen LogP contribution in [0.3, 0.4) is 0 Å². The average molecular weight is 337 g/mol. The number of nitrogens with zero attached hydrogens (tertiary/aromatic N) is 3. The Kier molecular flexibility index (Phi) is 4.44. The van der Waals surface area contributed by atoms with Crippen molar-refractivity contribution >= 4 is 21.6 Å². The van der Waals surface area contributed by atoms with Gasteiger partial charge in [-0.1, -0.05) is 0 Å². The van der Waals surface area contributed by atoms with E-state index in [1.807, 2.05) is 7.05 Å². The van der Waals surface area contributed by atoms with E-state index in [0.717, 1.165) is 37.2 Å². The summed E-state index contributed by atoms with van der Waals surface area (Å²) in [5.74, 6) is 0.000579. The second kappa shape index (κ2) is 6.22. The molecule has 126 valence electrons. The quantitative estimate of drug-likeness (QED) is 0.805. The minimum absolute atomic E-state index is 0.000579. The van der Waals surface area contributed by atoms with Gasteiger partial charge in [0.1, 0.15) is 0 Å². The van der Waals surface area contributed by atoms with E-state index in [1.165, 1.54) is 0 Å². The standard InChI is InChI=1S/C16H23N3O3S/c1-13(20)19-7-3-4-14-12-15(5-6-16(14)19)23(21,22)18-10-8-17(2)9-11-18/h5-6,12H,3-4,7-11H2,1-2H3. The van der Waals surface area contributed by atoms with Crippen LogP contribution in [0, 0.1) is 0 Å². The summed E-state index contributed by atoms with van der Waals surface area (Å²) in [4.78, 5) is 15.9. The molecule has 6 nitrogen and oxygen atoms in total. The van der Waals surface area contributed by atoms with E-state index in [1.54, 1.807) is 34.3 Å². The second-order valence-corrected chi connectivity index (χ2v) is 8.21. The zero-order valence-electron chi connectivity index (χ0n) is 13.7. The van der Waals surface area contributed by atoms with Gasteiger partial charge in [-0.15, -0.1) is 0 Å². The number of hydrogen-bond acceptors (Lipinski definition) is 4. The van der Waals surface area contributed by atoms with Gasteiger partial charge >= 0.3 is 0 Å². The number of carbonyl (C=O) groups excluding carboxylic acids is 1. The van der Waals surface area contributed by atoms with Gasteiger partial charge < -0.3 is 9.80 Å². The number of likely N-dealkylation sites (N-methyl/N-ethyl adjacent to an activating group) is 1. The number of aryl methyl sites for hydroxylation is 1. The number of carbonyl (C=O) groups is 1. The van der Waals surface area contributed by atoms with Gasteiger partial charge in [-0.3, -0.25) is 4.79 Å². The third-order valence-electron chi connectivity index (χ3n) is 4.65. The van der Waals surface area contributed by atoms with Crippen LogP contribution in [0.15, 0.2) is 23.1 Å². The molecule has 0 N–H and O–H groups in total. The largest absolute Gasteiger partial charge is 0.312 e. The Morgan fingerprint density at radius 3 is 2.43 bits per heavy atom. The van der Waals surface area contributed by atoms with Crippen molar-refractivity contribution < 1.29 is 13.2 Å². The fourth-order valence-electron chi connectivity index (χ4n) is 3.24. The number of benzene rings is 1. The van der Waals surface area contributed by atoms with Crippen molar-refractivity contribution in [2.24, 2.45) is 0 Å². The molecule has 0 spiro atoms. The molecule has 0 atom stereocenters. The molecule has 1 saturated heterocycles. The number of hydrogen-bond donors (Lipinski definition) is 0. The zero-order valence-corrected chi connectivity index (χ0v) is 14.5. The summed E-state index contributed by atoms with van der Waals surface area (Å²) in [5.41, 5.74) is 1.79. The third kappa shape index (κ3) is 3.13. The van der Waals surface area contributed by atoms with E-state index >= 15 is 0 Å². The van der Waals surface area contributed by atoms with Gasteiger partial charge in [0, 0.05) is 45.3 Å². The van der Waals surface area contributed by atoms with Crippen LogP contribution in [0.1, 0.15) is 18.9 Å². The van der Waals surface area contributed by atoms with Gasteiger partial charge in [-0.25, -0.2) is 8.42 Å². The summed E-state index contributed by atoms with van der Waals surface area (Å²) >= 11 is 0. The molecule has 7 heteroatoms. The molecule has 0 saturated carbocycles. The molecule has 0 radical (unpaired) electrons. The van der Waals surface area contributed by atoms with Gasteiger partial charge in [-0.05, 0) is 43.7 Å². The molecule has 1 aromatic rings. The maximum absolute atomic E-state index is 12.8. The molecular weight excluding hydrogens is 314 g/mol. The predicted molar refractivity (Wildman–Crippen MR) is 89.0 cm³/mol. The summed E-state index contributed by atoms with van der Waals surface area (Å²) in [7, 11) is -1.45. The van der Waals surface area contributed by atoms with Gasteiger partial charge in [0.15, 0.2) is 0 Å². The highest BCUT2D eigenvalue weighted by Gasteiger charge is 2.29. The molecule has 1 aromatic carbocycles. The summed E-state index contributed by atoms with van der Waals surface area (Å²) < 4.78 is 27.2. The molecule has 1 amide bonds. The van der Waals surface area contributed by atoms with E-state index in [-0.39, 0.29) is 5.91 Å². The van der Waals surface area contributed by atoms with Crippen molar-refractivity contribution in [2.75, 3.05) is 44.7 Å². The van der Waals surface area contributed by atoms with Crippen LogP contribution >= 0.6 is 0 Å². The monoisotopic (exact) mass is 337 g/mol. The van der Waals surface area contributed by atoms with Crippen molar-refractivity contribution in [1.29, 1.82) is 0 Å². The summed E-state index contributed by atoms with van der Waals surface area (Å²) in [6.07, 6.45) is 1.68. The van der Waals surface area contributed by atoms with Crippen molar-refractivity contribution in [1.82, 2.24) is 9.21 Å². The van der Waals surface area contributed by atoms with Crippen LogP contribution in [-0.4, -0.2) is 63.3 Å². The highest BCUT2D eigenvalue weighted by molar-refractivity contribution is 7.89. The lowest BCUT2D eigenvalue weighted by Crippen LogP contribution is -2.47. The molecule has 0 aromatic heterocycles. The van der Waals surface area contributed by atoms with Crippen LogP contribution in [0.5, 0.6) is 0 Å². The molecule has 23 heavy (non-hydrogen) atoms. The number of amides is 1. The Morgan fingerprint density at radius 1 is 1.09 bits per heavy atom. The number of rotatable bonds is 2. The van der Waals surface area contributed by atoms with Crippen LogP contribution in [0.2, 0.25) is 0 Å². The number of fused-ring (bicyclic) bond motifs is 1. The Hall–Kier alpha value is -1.44. The van der Waals surface area contributed by atoms with Crippen molar-refractivity contribution in [2.45, 2.75) is 24.7 Å². The molecule has 3 rings (SSSR count). The maximum Gasteiger partial charge on any atom is 0.243 e. The van der Waals surface area contributed by atoms with Crippen molar-refractivity contribution in [3.8, 4) is 0 Å². The summed E-state index contributed by atoms with van der Waals surface area (Å²) in [5, 5.41) is 0. The highest BCUT2D eigenvalue weighted by Crippen LogP contribution is 2.30. The molecule has 0 unspecified atom stereocenters. The molecule has 0 aliphatic carbocycles. The lowest BCUT2D eigenvalue weighted by atomic mass is 10.0. The number of piperazine rings is 1. The first-order valence-corrected chi connectivity index (χ1v) is 9.43. The second-order valence-electron chi connectivity index (χ2n) is 6.27. The van der Waals surface area contributed by atoms with Gasteiger partial charge in [0.2, 0.25) is 15.9 Å². The Bertz CT molecular complexity index is 709. The Labute approximate surface area is 137 Å².